The van der Waals surface area contributed by atoms with Gasteiger partial charge in [-0.05, 0) is 44.2 Å². The predicted molar refractivity (Wildman–Crippen MR) is 85.0 cm³/mol. The van der Waals surface area contributed by atoms with E-state index in [2.05, 4.69) is 0 Å². The van der Waals surface area contributed by atoms with E-state index in [1.807, 2.05) is 12.1 Å². The molecular formula is C18H14O4. The predicted octanol–water partition coefficient (Wildman–Crippen LogP) is 3.92. The van der Waals surface area contributed by atoms with Crippen LogP contribution in [0.25, 0.3) is 32.9 Å². The van der Waals surface area contributed by atoms with Gasteiger partial charge in [-0.15, -0.1) is 0 Å². The van der Waals surface area contributed by atoms with Gasteiger partial charge in [0.2, 0.25) is 5.43 Å². The van der Waals surface area contributed by atoms with Crippen LogP contribution in [0.2, 0.25) is 0 Å². The summed E-state index contributed by atoms with van der Waals surface area (Å²) in [5.74, 6) is 0.436. The number of furan rings is 1. The molecule has 0 amide bonds. The summed E-state index contributed by atoms with van der Waals surface area (Å²) in [5.41, 5.74) is 0.453. The molecule has 2 aromatic carbocycles. The Morgan fingerprint density at radius 1 is 0.909 bits per heavy atom. The molecule has 2 heterocycles. The molecule has 4 nitrogen and oxygen atoms in total. The minimum Gasteiger partial charge on any atom is -0.458 e. The molecule has 0 saturated carbocycles. The number of aliphatic hydroxyl groups is 1. The molecule has 22 heavy (non-hydrogen) atoms. The van der Waals surface area contributed by atoms with Crippen molar-refractivity contribution in [2.75, 3.05) is 0 Å². The second kappa shape index (κ2) is 4.21. The van der Waals surface area contributed by atoms with E-state index >= 15 is 0 Å². The lowest BCUT2D eigenvalue weighted by molar-refractivity contribution is 0.0559. The van der Waals surface area contributed by atoms with Crippen LogP contribution < -0.4 is 5.43 Å². The van der Waals surface area contributed by atoms with Gasteiger partial charge in [0.05, 0.1) is 16.2 Å². The first-order valence-electron chi connectivity index (χ1n) is 7.06. The average molecular weight is 294 g/mol. The minimum absolute atomic E-state index is 0.0650. The van der Waals surface area contributed by atoms with Gasteiger partial charge in [0.25, 0.3) is 0 Å². The summed E-state index contributed by atoms with van der Waals surface area (Å²) < 4.78 is 11.6. The molecule has 0 fully saturated rings. The Balaban J connectivity index is 2.19. The Morgan fingerprint density at radius 2 is 1.64 bits per heavy atom. The lowest BCUT2D eigenvalue weighted by atomic mass is 10.1. The van der Waals surface area contributed by atoms with Crippen LogP contribution in [0.3, 0.4) is 0 Å². The summed E-state index contributed by atoms with van der Waals surface area (Å²) in [6.45, 7) is 3.30. The number of fused-ring (bicyclic) bond motifs is 4. The molecule has 0 radical (unpaired) electrons. The Morgan fingerprint density at radius 3 is 2.41 bits per heavy atom. The monoisotopic (exact) mass is 294 g/mol. The molecule has 0 aliphatic carbocycles. The van der Waals surface area contributed by atoms with E-state index in [1.54, 1.807) is 44.2 Å². The van der Waals surface area contributed by atoms with Crippen molar-refractivity contribution in [3.05, 3.63) is 58.4 Å². The lowest BCUT2D eigenvalue weighted by Crippen LogP contribution is -2.13. The standard InChI is InChI=1S/C18H14O4/c1-18(2,20)15-9-12-14(21-15)8-7-11-16(19)10-5-3-4-6-13(10)22-17(11)12/h3-9,20H,1-2H3. The van der Waals surface area contributed by atoms with E-state index in [4.69, 9.17) is 8.83 Å². The smallest absolute Gasteiger partial charge is 0.200 e. The maximum Gasteiger partial charge on any atom is 0.200 e. The Labute approximate surface area is 125 Å². The van der Waals surface area contributed by atoms with Crippen LogP contribution in [0.4, 0.5) is 0 Å². The van der Waals surface area contributed by atoms with Crippen molar-refractivity contribution >= 4 is 32.9 Å². The third kappa shape index (κ3) is 1.77. The zero-order chi connectivity index (χ0) is 15.5. The SMILES string of the molecule is CC(C)(O)c1cc2c(ccc3c(=O)c4ccccc4oc32)o1. The molecular weight excluding hydrogens is 280 g/mol. The molecule has 0 aliphatic rings. The fourth-order valence-corrected chi connectivity index (χ4v) is 2.67. The molecule has 0 spiro atoms. The van der Waals surface area contributed by atoms with Crippen molar-refractivity contribution in [2.24, 2.45) is 0 Å². The van der Waals surface area contributed by atoms with Crippen molar-refractivity contribution in [3.63, 3.8) is 0 Å². The van der Waals surface area contributed by atoms with Crippen LogP contribution in [-0.4, -0.2) is 5.11 Å². The van der Waals surface area contributed by atoms with E-state index in [1.165, 1.54) is 0 Å². The quantitative estimate of drug-likeness (QED) is 0.540. The fourth-order valence-electron chi connectivity index (χ4n) is 2.67. The van der Waals surface area contributed by atoms with E-state index in [0.717, 1.165) is 0 Å². The topological polar surface area (TPSA) is 63.6 Å². The maximum absolute atomic E-state index is 12.6. The Kier molecular flexibility index (Phi) is 2.51. The normalized spacial score (nSPS) is 12.5. The van der Waals surface area contributed by atoms with Crippen LogP contribution in [0.1, 0.15) is 19.6 Å². The van der Waals surface area contributed by atoms with E-state index in [-0.39, 0.29) is 5.43 Å². The van der Waals surface area contributed by atoms with Gasteiger partial charge in [-0.2, -0.15) is 0 Å². The first kappa shape index (κ1) is 13.1. The first-order chi connectivity index (χ1) is 10.4. The van der Waals surface area contributed by atoms with E-state index in [0.29, 0.717) is 38.7 Å². The average Bonchev–Trinajstić information content (AvgIpc) is 2.92. The highest BCUT2D eigenvalue weighted by Gasteiger charge is 2.22. The number of benzene rings is 2. The number of para-hydroxylation sites is 1. The maximum atomic E-state index is 12.6. The highest BCUT2D eigenvalue weighted by molar-refractivity contribution is 6.05. The van der Waals surface area contributed by atoms with Gasteiger partial charge >= 0.3 is 0 Å². The molecule has 0 bridgehead atoms. The summed E-state index contributed by atoms with van der Waals surface area (Å²) in [6, 6.07) is 12.3. The lowest BCUT2D eigenvalue weighted by Gasteiger charge is -2.12. The molecule has 0 atom stereocenters. The minimum atomic E-state index is -1.09. The van der Waals surface area contributed by atoms with Crippen molar-refractivity contribution in [1.29, 1.82) is 0 Å². The molecule has 4 rings (SSSR count). The number of hydrogen-bond acceptors (Lipinski definition) is 4. The molecule has 0 aliphatic heterocycles. The van der Waals surface area contributed by atoms with E-state index < -0.39 is 5.60 Å². The second-order valence-corrected chi connectivity index (χ2v) is 5.95. The second-order valence-electron chi connectivity index (χ2n) is 5.95. The zero-order valence-electron chi connectivity index (χ0n) is 12.2. The highest BCUT2D eigenvalue weighted by atomic mass is 16.4. The zero-order valence-corrected chi connectivity index (χ0v) is 12.2. The molecule has 0 unspecified atom stereocenters. The van der Waals surface area contributed by atoms with Crippen LogP contribution in [0.15, 0.2) is 56.1 Å². The van der Waals surface area contributed by atoms with Gasteiger partial charge < -0.3 is 13.9 Å². The highest BCUT2D eigenvalue weighted by Crippen LogP contribution is 2.32. The van der Waals surface area contributed by atoms with E-state index in [9.17, 15) is 9.90 Å². The number of rotatable bonds is 1. The Bertz CT molecular complexity index is 1080. The molecule has 1 N–H and O–H groups in total. The summed E-state index contributed by atoms with van der Waals surface area (Å²) in [7, 11) is 0. The van der Waals surface area contributed by atoms with Gasteiger partial charge in [-0.1, -0.05) is 12.1 Å². The van der Waals surface area contributed by atoms with Crippen molar-refractivity contribution in [3.8, 4) is 0 Å². The third-order valence-electron chi connectivity index (χ3n) is 3.84. The molecule has 0 saturated heterocycles. The first-order valence-corrected chi connectivity index (χ1v) is 7.06. The third-order valence-corrected chi connectivity index (χ3v) is 3.84. The molecule has 4 heteroatoms. The Hall–Kier alpha value is -2.59. The van der Waals surface area contributed by atoms with Gasteiger partial charge in [0.15, 0.2) is 0 Å². The molecule has 110 valence electrons. The number of hydrogen-bond donors (Lipinski definition) is 1. The summed E-state index contributed by atoms with van der Waals surface area (Å²) >= 11 is 0. The van der Waals surface area contributed by atoms with Crippen molar-refractivity contribution < 1.29 is 13.9 Å². The summed E-state index contributed by atoms with van der Waals surface area (Å²) in [4.78, 5) is 12.6. The van der Waals surface area contributed by atoms with Crippen molar-refractivity contribution in [2.45, 2.75) is 19.4 Å². The van der Waals surface area contributed by atoms with Crippen LogP contribution in [0, 0.1) is 0 Å². The van der Waals surface area contributed by atoms with Crippen molar-refractivity contribution in [1.82, 2.24) is 0 Å². The van der Waals surface area contributed by atoms with Gasteiger partial charge in [0.1, 0.15) is 28.1 Å². The molecule has 2 aromatic heterocycles. The molecule has 4 aromatic rings. The van der Waals surface area contributed by atoms with Gasteiger partial charge in [0, 0.05) is 0 Å². The van der Waals surface area contributed by atoms with Gasteiger partial charge in [-0.25, -0.2) is 0 Å². The summed E-state index contributed by atoms with van der Waals surface area (Å²) in [6.07, 6.45) is 0. The largest absolute Gasteiger partial charge is 0.458 e. The fraction of sp³-hybridized carbons (Fsp3) is 0.167. The van der Waals surface area contributed by atoms with Crippen LogP contribution >= 0.6 is 0 Å². The van der Waals surface area contributed by atoms with Crippen LogP contribution in [-0.2, 0) is 5.60 Å². The summed E-state index contributed by atoms with van der Waals surface area (Å²) in [5, 5.41) is 11.9. The van der Waals surface area contributed by atoms with Gasteiger partial charge in [-0.3, -0.25) is 4.79 Å². The van der Waals surface area contributed by atoms with Crippen LogP contribution in [0.5, 0.6) is 0 Å².